The Bertz CT molecular complexity index is 1010. The van der Waals surface area contributed by atoms with E-state index in [9.17, 15) is 12.8 Å². The number of hydrogen-bond donors (Lipinski definition) is 2. The highest BCUT2D eigenvalue weighted by Crippen LogP contribution is 2.30. The van der Waals surface area contributed by atoms with Crippen molar-refractivity contribution in [2.24, 2.45) is 0 Å². The molecular weight excluding hydrogens is 413 g/mol. The number of benzene rings is 2. The first kappa shape index (κ1) is 21.5. The number of methoxy groups -OCH3 is 1. The molecule has 0 unspecified atom stereocenters. The number of rotatable bonds is 5. The Kier molecular flexibility index (Phi) is 6.71. The molecule has 0 aromatic heterocycles. The molecule has 0 saturated carbocycles. The van der Waals surface area contributed by atoms with E-state index in [1.54, 1.807) is 25.1 Å². The Balaban J connectivity index is 1.81. The highest BCUT2D eigenvalue weighted by molar-refractivity contribution is 7.89. The van der Waals surface area contributed by atoms with Crippen LogP contribution in [0.4, 0.5) is 15.8 Å². The third-order valence-corrected chi connectivity index (χ3v) is 6.90. The molecule has 0 aliphatic carbocycles. The van der Waals surface area contributed by atoms with Crippen molar-refractivity contribution in [1.82, 2.24) is 4.31 Å². The third kappa shape index (κ3) is 5.04. The van der Waals surface area contributed by atoms with E-state index in [1.165, 1.54) is 29.6 Å². The van der Waals surface area contributed by atoms with Gasteiger partial charge in [0.15, 0.2) is 5.11 Å². The lowest BCUT2D eigenvalue weighted by Gasteiger charge is -2.26. The van der Waals surface area contributed by atoms with Gasteiger partial charge in [-0.3, -0.25) is 0 Å². The van der Waals surface area contributed by atoms with Gasteiger partial charge in [-0.05, 0) is 67.9 Å². The molecule has 0 bridgehead atoms. The van der Waals surface area contributed by atoms with Gasteiger partial charge in [0.1, 0.15) is 11.6 Å². The van der Waals surface area contributed by atoms with E-state index in [-0.39, 0.29) is 15.8 Å². The minimum atomic E-state index is -3.59. The minimum absolute atomic E-state index is 0.173. The highest BCUT2D eigenvalue weighted by atomic mass is 32.2. The summed E-state index contributed by atoms with van der Waals surface area (Å²) in [5, 5.41) is 6.04. The van der Waals surface area contributed by atoms with Crippen LogP contribution in [0.2, 0.25) is 0 Å². The van der Waals surface area contributed by atoms with Crippen LogP contribution in [-0.2, 0) is 10.0 Å². The summed E-state index contributed by atoms with van der Waals surface area (Å²) in [4.78, 5) is 0.173. The summed E-state index contributed by atoms with van der Waals surface area (Å²) in [6.07, 6.45) is 2.77. The van der Waals surface area contributed by atoms with Gasteiger partial charge in [-0.1, -0.05) is 12.5 Å². The van der Waals surface area contributed by atoms with Gasteiger partial charge in [0.25, 0.3) is 0 Å². The minimum Gasteiger partial charge on any atom is -0.495 e. The number of ether oxygens (including phenoxy) is 1. The number of hydrogen-bond acceptors (Lipinski definition) is 4. The molecule has 6 nitrogen and oxygen atoms in total. The van der Waals surface area contributed by atoms with Crippen molar-refractivity contribution >= 4 is 38.7 Å². The fraction of sp³-hybridized carbons (Fsp3) is 0.350. The molecule has 1 aliphatic rings. The Labute approximate surface area is 176 Å². The second-order valence-corrected chi connectivity index (χ2v) is 9.22. The van der Waals surface area contributed by atoms with Gasteiger partial charge >= 0.3 is 0 Å². The number of sulfonamides is 1. The Morgan fingerprint density at radius 1 is 1.10 bits per heavy atom. The topological polar surface area (TPSA) is 70.7 Å². The van der Waals surface area contributed by atoms with Crippen molar-refractivity contribution in [2.45, 2.75) is 31.1 Å². The van der Waals surface area contributed by atoms with Crippen LogP contribution in [0.1, 0.15) is 24.8 Å². The van der Waals surface area contributed by atoms with E-state index in [1.807, 2.05) is 0 Å². The maximum atomic E-state index is 13.7. The lowest BCUT2D eigenvalue weighted by molar-refractivity contribution is 0.346. The fourth-order valence-electron chi connectivity index (χ4n) is 3.15. The average Bonchev–Trinajstić information content (AvgIpc) is 2.71. The van der Waals surface area contributed by atoms with E-state index >= 15 is 0 Å². The molecule has 156 valence electrons. The predicted octanol–water partition coefficient (Wildman–Crippen LogP) is 4.13. The third-order valence-electron chi connectivity index (χ3n) is 4.80. The molecule has 0 atom stereocenters. The van der Waals surface area contributed by atoms with Gasteiger partial charge in [0.05, 0.1) is 17.7 Å². The highest BCUT2D eigenvalue weighted by Gasteiger charge is 2.26. The number of aryl methyl sites for hydroxylation is 1. The van der Waals surface area contributed by atoms with Crippen LogP contribution in [-0.4, -0.2) is 38.0 Å². The summed E-state index contributed by atoms with van der Waals surface area (Å²) in [5.74, 6) is 0.104. The van der Waals surface area contributed by atoms with Crippen molar-refractivity contribution in [1.29, 1.82) is 0 Å². The van der Waals surface area contributed by atoms with Crippen molar-refractivity contribution in [3.8, 4) is 5.75 Å². The predicted molar refractivity (Wildman–Crippen MR) is 117 cm³/mol. The van der Waals surface area contributed by atoms with Crippen LogP contribution in [0.25, 0.3) is 0 Å². The zero-order valence-electron chi connectivity index (χ0n) is 16.4. The molecule has 29 heavy (non-hydrogen) atoms. The maximum absolute atomic E-state index is 13.7. The number of nitrogens with zero attached hydrogens (tertiary/aromatic N) is 1. The molecule has 1 aliphatic heterocycles. The number of nitrogens with one attached hydrogen (secondary N) is 2. The molecule has 0 amide bonds. The number of anilines is 2. The van der Waals surface area contributed by atoms with Crippen LogP contribution in [0.15, 0.2) is 41.3 Å². The zero-order chi connectivity index (χ0) is 21.0. The molecule has 9 heteroatoms. The number of piperidine rings is 1. The molecule has 1 fully saturated rings. The molecule has 2 N–H and O–H groups in total. The molecular formula is C20H24FN3O3S2. The first-order valence-corrected chi connectivity index (χ1v) is 11.2. The van der Waals surface area contributed by atoms with E-state index in [0.29, 0.717) is 35.8 Å². The monoisotopic (exact) mass is 437 g/mol. The van der Waals surface area contributed by atoms with Gasteiger partial charge in [-0.2, -0.15) is 4.31 Å². The van der Waals surface area contributed by atoms with Gasteiger partial charge in [0.2, 0.25) is 10.0 Å². The van der Waals surface area contributed by atoms with Crippen molar-refractivity contribution in [3.63, 3.8) is 0 Å². The smallest absolute Gasteiger partial charge is 0.243 e. The first-order valence-electron chi connectivity index (χ1n) is 9.33. The van der Waals surface area contributed by atoms with Crippen LogP contribution >= 0.6 is 12.2 Å². The second kappa shape index (κ2) is 9.06. The Morgan fingerprint density at radius 3 is 2.48 bits per heavy atom. The summed E-state index contributed by atoms with van der Waals surface area (Å²) in [6.45, 7) is 2.72. The summed E-state index contributed by atoms with van der Waals surface area (Å²) in [6, 6.07) is 9.32. The summed E-state index contributed by atoms with van der Waals surface area (Å²) in [7, 11) is -2.10. The van der Waals surface area contributed by atoms with Crippen LogP contribution < -0.4 is 15.4 Å². The molecule has 1 heterocycles. The van der Waals surface area contributed by atoms with Crippen molar-refractivity contribution < 1.29 is 17.5 Å². The summed E-state index contributed by atoms with van der Waals surface area (Å²) >= 11 is 5.30. The van der Waals surface area contributed by atoms with Crippen molar-refractivity contribution in [2.75, 3.05) is 30.8 Å². The summed E-state index contributed by atoms with van der Waals surface area (Å²) < 4.78 is 46.5. The SMILES string of the molecule is COc1ccc(S(=O)(=O)N2CCCCC2)cc1NC(=S)Nc1ccc(C)c(F)c1. The van der Waals surface area contributed by atoms with E-state index < -0.39 is 10.0 Å². The van der Waals surface area contributed by atoms with Crippen LogP contribution in [0.3, 0.4) is 0 Å². The molecule has 1 saturated heterocycles. The van der Waals surface area contributed by atoms with E-state index in [0.717, 1.165) is 19.3 Å². The molecule has 2 aromatic carbocycles. The first-order chi connectivity index (χ1) is 13.8. The van der Waals surface area contributed by atoms with Gasteiger partial charge < -0.3 is 15.4 Å². The second-order valence-electron chi connectivity index (χ2n) is 6.87. The quantitative estimate of drug-likeness (QED) is 0.686. The number of halogens is 1. The molecule has 3 rings (SSSR count). The Morgan fingerprint density at radius 2 is 1.83 bits per heavy atom. The number of thiocarbonyl (C=S) groups is 1. The standard InChI is InChI=1S/C20H24FN3O3S2/c1-14-6-7-15(12-17(14)21)22-20(28)23-18-13-16(8-9-19(18)27-2)29(25,26)24-10-4-3-5-11-24/h6-9,12-13H,3-5,10-11H2,1-2H3,(H2,22,23,28). The Hall–Kier alpha value is -2.23. The lowest BCUT2D eigenvalue weighted by atomic mass is 10.2. The average molecular weight is 438 g/mol. The van der Waals surface area contributed by atoms with Crippen LogP contribution in [0, 0.1) is 12.7 Å². The fourth-order valence-corrected chi connectivity index (χ4v) is 4.93. The van der Waals surface area contributed by atoms with Crippen LogP contribution in [0.5, 0.6) is 5.75 Å². The van der Waals surface area contributed by atoms with Gasteiger partial charge in [-0.25, -0.2) is 12.8 Å². The molecule has 2 aromatic rings. The maximum Gasteiger partial charge on any atom is 0.243 e. The molecule has 0 radical (unpaired) electrons. The lowest BCUT2D eigenvalue weighted by Crippen LogP contribution is -2.35. The normalized spacial score (nSPS) is 15.0. The van der Waals surface area contributed by atoms with E-state index in [2.05, 4.69) is 10.6 Å². The largest absolute Gasteiger partial charge is 0.495 e. The van der Waals surface area contributed by atoms with Gasteiger partial charge in [0, 0.05) is 18.8 Å². The molecule has 0 spiro atoms. The van der Waals surface area contributed by atoms with Crippen molar-refractivity contribution in [3.05, 3.63) is 47.8 Å². The van der Waals surface area contributed by atoms with E-state index in [4.69, 9.17) is 17.0 Å². The zero-order valence-corrected chi connectivity index (χ0v) is 18.0. The summed E-state index contributed by atoms with van der Waals surface area (Å²) in [5.41, 5.74) is 1.43. The van der Waals surface area contributed by atoms with Gasteiger partial charge in [-0.15, -0.1) is 0 Å².